The molecule has 0 atom stereocenters. The normalized spacial score (nSPS) is 10.0. The summed E-state index contributed by atoms with van der Waals surface area (Å²) in [4.78, 5) is 30.1. The predicted octanol–water partition coefficient (Wildman–Crippen LogP) is 5.02. The topological polar surface area (TPSA) is 100 Å². The lowest BCUT2D eigenvalue weighted by Gasteiger charge is -1.97. The lowest BCUT2D eigenvalue weighted by atomic mass is 10.1. The van der Waals surface area contributed by atoms with E-state index < -0.39 is 11.9 Å². The number of rotatable bonds is 4. The summed E-state index contributed by atoms with van der Waals surface area (Å²) in [6.07, 6.45) is 1.38. The number of benzene rings is 2. The Hall–Kier alpha value is -3.36. The second-order valence-electron chi connectivity index (χ2n) is 5.40. The summed E-state index contributed by atoms with van der Waals surface area (Å²) in [6.45, 7) is 0. The van der Waals surface area contributed by atoms with Gasteiger partial charge in [0.25, 0.3) is 0 Å². The van der Waals surface area contributed by atoms with E-state index >= 15 is 0 Å². The Morgan fingerprint density at radius 1 is 0.786 bits per heavy atom. The number of aromatic nitrogens is 2. The molecule has 6 nitrogen and oxygen atoms in total. The Bertz CT molecular complexity index is 1080. The van der Waals surface area contributed by atoms with E-state index in [4.69, 9.17) is 10.2 Å². The van der Waals surface area contributed by atoms with Crippen molar-refractivity contribution in [1.82, 2.24) is 9.97 Å². The first-order valence-electron chi connectivity index (χ1n) is 8.03. The lowest BCUT2D eigenvalue weighted by molar-refractivity contribution is 0.0691. The highest BCUT2D eigenvalue weighted by Gasteiger charge is 2.14. The summed E-state index contributed by atoms with van der Waals surface area (Å²) in [5, 5.41) is 18.3. The van der Waals surface area contributed by atoms with Gasteiger partial charge < -0.3 is 10.2 Å². The van der Waals surface area contributed by atoms with Gasteiger partial charge in [0.1, 0.15) is 14.8 Å². The first-order valence-corrected chi connectivity index (χ1v) is 9.72. The average molecular weight is 410 g/mol. The van der Waals surface area contributed by atoms with Crippen molar-refractivity contribution in [2.24, 2.45) is 0 Å². The highest BCUT2D eigenvalue weighted by molar-refractivity contribution is 7.16. The maximum absolute atomic E-state index is 10.8. The molecule has 0 aliphatic rings. The second-order valence-corrected chi connectivity index (χ2v) is 7.29. The first-order chi connectivity index (χ1) is 13.6. The molecule has 2 heterocycles. The summed E-state index contributed by atoms with van der Waals surface area (Å²) in [6, 6.07) is 18.8. The molecule has 0 fully saturated rings. The van der Waals surface area contributed by atoms with Crippen LogP contribution in [0, 0.1) is 0 Å². The van der Waals surface area contributed by atoms with Crippen molar-refractivity contribution in [1.29, 1.82) is 0 Å². The fraction of sp³-hybridized carbons (Fsp3) is 0. The van der Waals surface area contributed by atoms with Gasteiger partial charge in [-0.2, -0.15) is 0 Å². The van der Waals surface area contributed by atoms with Crippen LogP contribution in [0.25, 0.3) is 21.8 Å². The van der Waals surface area contributed by atoms with Crippen LogP contribution in [0.4, 0.5) is 0 Å². The minimum absolute atomic E-state index is 0.267. The van der Waals surface area contributed by atoms with Crippen LogP contribution in [-0.4, -0.2) is 32.1 Å². The zero-order valence-corrected chi connectivity index (χ0v) is 16.0. The lowest BCUT2D eigenvalue weighted by Crippen LogP contribution is -1.95. The molecule has 8 heteroatoms. The van der Waals surface area contributed by atoms with Gasteiger partial charge in [0.2, 0.25) is 0 Å². The summed E-state index contributed by atoms with van der Waals surface area (Å²) in [5.74, 6) is -1.85. The molecule has 0 aliphatic heterocycles. The van der Waals surface area contributed by atoms with E-state index in [0.717, 1.165) is 27.5 Å². The van der Waals surface area contributed by atoms with Gasteiger partial charge in [0, 0.05) is 11.1 Å². The van der Waals surface area contributed by atoms with Crippen molar-refractivity contribution < 1.29 is 19.8 Å². The van der Waals surface area contributed by atoms with E-state index in [1.165, 1.54) is 17.5 Å². The number of aromatic carboxylic acids is 2. The zero-order chi connectivity index (χ0) is 19.9. The minimum Gasteiger partial charge on any atom is -0.477 e. The quantitative estimate of drug-likeness (QED) is 0.490. The SMILES string of the molecule is O=C(O)c1cnc(-c2ccccc2)s1.O=C(O)c1scnc1-c1ccccc1. The summed E-state index contributed by atoms with van der Waals surface area (Å²) in [5.41, 5.74) is 3.88. The fourth-order valence-electron chi connectivity index (χ4n) is 2.29. The van der Waals surface area contributed by atoms with Crippen molar-refractivity contribution in [3.8, 4) is 21.8 Å². The van der Waals surface area contributed by atoms with Crippen LogP contribution < -0.4 is 0 Å². The molecule has 0 aliphatic carbocycles. The van der Waals surface area contributed by atoms with Gasteiger partial charge in [-0.15, -0.1) is 22.7 Å². The van der Waals surface area contributed by atoms with Crippen molar-refractivity contribution >= 4 is 34.6 Å². The molecule has 140 valence electrons. The molecule has 0 unspecified atom stereocenters. The maximum Gasteiger partial charge on any atom is 0.348 e. The molecule has 28 heavy (non-hydrogen) atoms. The van der Waals surface area contributed by atoms with E-state index in [1.807, 2.05) is 60.7 Å². The Kier molecular flexibility index (Phi) is 6.25. The number of hydrogen-bond acceptors (Lipinski definition) is 6. The molecule has 0 radical (unpaired) electrons. The van der Waals surface area contributed by atoms with Gasteiger partial charge in [-0.1, -0.05) is 60.7 Å². The third-order valence-corrected chi connectivity index (χ3v) is 5.40. The smallest absolute Gasteiger partial charge is 0.348 e. The Labute approximate surface area is 168 Å². The molecule has 0 bridgehead atoms. The Morgan fingerprint density at radius 3 is 1.93 bits per heavy atom. The molecular weight excluding hydrogens is 396 g/mol. The highest BCUT2D eigenvalue weighted by atomic mass is 32.1. The van der Waals surface area contributed by atoms with Gasteiger partial charge >= 0.3 is 11.9 Å². The molecule has 2 aromatic carbocycles. The molecule has 0 amide bonds. The molecule has 4 rings (SSSR count). The van der Waals surface area contributed by atoms with Crippen LogP contribution in [0.1, 0.15) is 19.3 Å². The summed E-state index contributed by atoms with van der Waals surface area (Å²) >= 11 is 2.33. The Morgan fingerprint density at radius 2 is 1.39 bits per heavy atom. The van der Waals surface area contributed by atoms with Crippen LogP contribution in [0.2, 0.25) is 0 Å². The standard InChI is InChI=1S/2C10H7NO2S/c12-10(13)9-8(11-6-14-9)7-4-2-1-3-5-7;12-10(13)8-6-11-9(14-8)7-4-2-1-3-5-7/h2*1-6H,(H,12,13). The van der Waals surface area contributed by atoms with E-state index in [0.29, 0.717) is 5.69 Å². The molecular formula is C20H14N2O4S2. The molecule has 2 N–H and O–H groups in total. The van der Waals surface area contributed by atoms with Gasteiger partial charge in [0.15, 0.2) is 0 Å². The number of carboxylic acids is 2. The third-order valence-electron chi connectivity index (χ3n) is 3.55. The van der Waals surface area contributed by atoms with Crippen molar-refractivity contribution in [3.05, 3.63) is 82.1 Å². The monoisotopic (exact) mass is 410 g/mol. The molecule has 0 saturated heterocycles. The van der Waals surface area contributed by atoms with Crippen LogP contribution in [0.5, 0.6) is 0 Å². The number of nitrogens with zero attached hydrogens (tertiary/aromatic N) is 2. The van der Waals surface area contributed by atoms with Crippen LogP contribution in [0.15, 0.2) is 72.4 Å². The fourth-order valence-corrected chi connectivity index (χ4v) is 3.69. The van der Waals surface area contributed by atoms with E-state index in [1.54, 1.807) is 5.51 Å². The van der Waals surface area contributed by atoms with E-state index in [2.05, 4.69) is 9.97 Å². The Balaban J connectivity index is 0.000000161. The number of thiazole rings is 2. The molecule has 2 aromatic heterocycles. The molecule has 0 saturated carbocycles. The summed E-state index contributed by atoms with van der Waals surface area (Å²) in [7, 11) is 0. The third kappa shape index (κ3) is 4.67. The molecule has 0 spiro atoms. The van der Waals surface area contributed by atoms with Crippen molar-refractivity contribution in [2.45, 2.75) is 0 Å². The predicted molar refractivity (Wildman–Crippen MR) is 109 cm³/mol. The van der Waals surface area contributed by atoms with Gasteiger partial charge in [-0.05, 0) is 0 Å². The van der Waals surface area contributed by atoms with E-state index in [9.17, 15) is 9.59 Å². The van der Waals surface area contributed by atoms with Crippen LogP contribution >= 0.6 is 22.7 Å². The first kappa shape index (κ1) is 19.4. The second kappa shape index (κ2) is 9.03. The van der Waals surface area contributed by atoms with Gasteiger partial charge in [0.05, 0.1) is 17.4 Å². The largest absolute Gasteiger partial charge is 0.477 e. The van der Waals surface area contributed by atoms with Crippen molar-refractivity contribution in [3.63, 3.8) is 0 Å². The number of carbonyl (C=O) groups is 2. The van der Waals surface area contributed by atoms with Crippen molar-refractivity contribution in [2.75, 3.05) is 0 Å². The van der Waals surface area contributed by atoms with Gasteiger partial charge in [-0.3, -0.25) is 0 Å². The molecule has 4 aromatic rings. The highest BCUT2D eigenvalue weighted by Crippen LogP contribution is 2.25. The van der Waals surface area contributed by atoms with E-state index in [-0.39, 0.29) is 9.75 Å². The maximum atomic E-state index is 10.8. The average Bonchev–Trinajstić information content (AvgIpc) is 3.40. The minimum atomic E-state index is -0.926. The van der Waals surface area contributed by atoms with Crippen LogP contribution in [-0.2, 0) is 0 Å². The van der Waals surface area contributed by atoms with Crippen LogP contribution in [0.3, 0.4) is 0 Å². The number of hydrogen-bond donors (Lipinski definition) is 2. The summed E-state index contributed by atoms with van der Waals surface area (Å²) < 4.78 is 0. The van der Waals surface area contributed by atoms with Gasteiger partial charge in [-0.25, -0.2) is 19.6 Å². The zero-order valence-electron chi connectivity index (χ0n) is 14.4. The number of carboxylic acid groups (broad SMARTS) is 2.